The van der Waals surface area contributed by atoms with E-state index in [0.29, 0.717) is 17.9 Å². The minimum Gasteiger partial charge on any atom is -0.493 e. The van der Waals surface area contributed by atoms with Crippen LogP contribution in [0.25, 0.3) is 5.69 Å². The van der Waals surface area contributed by atoms with Gasteiger partial charge in [0.05, 0.1) is 25.6 Å². The van der Waals surface area contributed by atoms with Crippen molar-refractivity contribution >= 4 is 11.6 Å². The molecule has 3 aromatic rings. The van der Waals surface area contributed by atoms with Gasteiger partial charge in [-0.1, -0.05) is 38.1 Å². The molecule has 2 aliphatic rings. The van der Waals surface area contributed by atoms with E-state index in [0.717, 1.165) is 46.0 Å². The lowest BCUT2D eigenvalue weighted by atomic mass is 9.69. The van der Waals surface area contributed by atoms with Crippen molar-refractivity contribution in [3.05, 3.63) is 76.6 Å². The predicted molar refractivity (Wildman–Crippen MR) is 128 cm³/mol. The van der Waals surface area contributed by atoms with Crippen molar-refractivity contribution in [3.63, 3.8) is 0 Å². The molecule has 1 atom stereocenters. The first-order chi connectivity index (χ1) is 15.8. The van der Waals surface area contributed by atoms with E-state index in [2.05, 4.69) is 19.2 Å². The molecule has 1 aliphatic carbocycles. The van der Waals surface area contributed by atoms with E-state index < -0.39 is 0 Å². The van der Waals surface area contributed by atoms with Crippen LogP contribution in [0.2, 0.25) is 0 Å². The van der Waals surface area contributed by atoms with Crippen molar-refractivity contribution in [1.29, 1.82) is 0 Å². The number of nitrogens with zero attached hydrogens (tertiary/aromatic N) is 2. The Kier molecular flexibility index (Phi) is 5.04. The highest BCUT2D eigenvalue weighted by molar-refractivity contribution is 6.01. The number of aromatic nitrogens is 2. The van der Waals surface area contributed by atoms with Crippen LogP contribution in [-0.2, 0) is 4.79 Å². The Morgan fingerprint density at radius 2 is 1.76 bits per heavy atom. The number of rotatable bonds is 4. The van der Waals surface area contributed by atoms with Gasteiger partial charge in [0.2, 0.25) is 0 Å². The van der Waals surface area contributed by atoms with Crippen molar-refractivity contribution in [2.24, 2.45) is 5.41 Å². The van der Waals surface area contributed by atoms with Gasteiger partial charge in [0.15, 0.2) is 17.3 Å². The number of hydrogen-bond donors (Lipinski definition) is 1. The number of nitrogens with one attached hydrogen (secondary N) is 1. The molecule has 1 N–H and O–H groups in total. The average molecular weight is 444 g/mol. The quantitative estimate of drug-likeness (QED) is 0.585. The molecule has 0 fully saturated rings. The summed E-state index contributed by atoms with van der Waals surface area (Å²) in [5.41, 5.74) is 5.61. The lowest BCUT2D eigenvalue weighted by molar-refractivity contribution is -0.118. The van der Waals surface area contributed by atoms with Crippen molar-refractivity contribution in [2.75, 3.05) is 19.5 Å². The van der Waals surface area contributed by atoms with Crippen LogP contribution in [0.3, 0.4) is 0 Å². The fraction of sp³-hybridized carbons (Fsp3) is 0.333. The van der Waals surface area contributed by atoms with Crippen molar-refractivity contribution in [1.82, 2.24) is 9.78 Å². The zero-order valence-electron chi connectivity index (χ0n) is 19.7. The number of Topliss-reactive ketones (excluding diaryl/α,β-unsaturated/α-hetero) is 1. The monoisotopic (exact) mass is 443 g/mol. The fourth-order valence-corrected chi connectivity index (χ4v) is 5.20. The van der Waals surface area contributed by atoms with Crippen LogP contribution in [0.15, 0.2) is 59.8 Å². The highest BCUT2D eigenvalue weighted by atomic mass is 16.5. The van der Waals surface area contributed by atoms with Crippen LogP contribution < -0.4 is 14.8 Å². The molecular formula is C27H29N3O3. The second-order valence-electron chi connectivity index (χ2n) is 9.60. The van der Waals surface area contributed by atoms with Crippen molar-refractivity contribution < 1.29 is 14.3 Å². The molecule has 6 nitrogen and oxygen atoms in total. The molecular weight excluding hydrogens is 414 g/mol. The molecule has 1 unspecified atom stereocenters. The number of carbonyl (C=O) groups excluding carboxylic acids is 1. The topological polar surface area (TPSA) is 65.4 Å². The number of benzene rings is 2. The summed E-state index contributed by atoms with van der Waals surface area (Å²) >= 11 is 0. The van der Waals surface area contributed by atoms with Gasteiger partial charge >= 0.3 is 0 Å². The Bertz CT molecular complexity index is 1270. The SMILES string of the molecule is COc1ccc(C2C3=C(CC(C)(C)CC3=O)Nc3c2c(C)nn3-c2ccccc2)cc1OC. The van der Waals surface area contributed by atoms with E-state index in [1.54, 1.807) is 14.2 Å². The smallest absolute Gasteiger partial charge is 0.162 e. The molecule has 0 radical (unpaired) electrons. The van der Waals surface area contributed by atoms with Gasteiger partial charge in [0, 0.05) is 29.2 Å². The molecule has 1 aliphatic heterocycles. The van der Waals surface area contributed by atoms with Gasteiger partial charge in [-0.05, 0) is 48.6 Å². The van der Waals surface area contributed by atoms with Crippen molar-refractivity contribution in [3.8, 4) is 17.2 Å². The normalized spacial score (nSPS) is 18.9. The lowest BCUT2D eigenvalue weighted by Gasteiger charge is -2.38. The Morgan fingerprint density at radius 1 is 1.03 bits per heavy atom. The molecule has 5 rings (SSSR count). The number of anilines is 1. The molecule has 0 bridgehead atoms. The number of ether oxygens (including phenoxy) is 2. The molecule has 0 amide bonds. The zero-order chi connectivity index (χ0) is 23.3. The summed E-state index contributed by atoms with van der Waals surface area (Å²) in [6.45, 7) is 6.31. The molecule has 0 saturated heterocycles. The molecule has 170 valence electrons. The van der Waals surface area contributed by atoms with E-state index in [1.807, 2.05) is 60.1 Å². The second-order valence-corrected chi connectivity index (χ2v) is 9.60. The minimum absolute atomic E-state index is 0.102. The number of methoxy groups -OCH3 is 2. The maximum absolute atomic E-state index is 13.5. The van der Waals surface area contributed by atoms with Crippen LogP contribution >= 0.6 is 0 Å². The number of fused-ring (bicyclic) bond motifs is 1. The highest BCUT2D eigenvalue weighted by Gasteiger charge is 2.43. The van der Waals surface area contributed by atoms with Gasteiger partial charge in [-0.25, -0.2) is 4.68 Å². The molecule has 33 heavy (non-hydrogen) atoms. The Hall–Kier alpha value is -3.54. The number of hydrogen-bond acceptors (Lipinski definition) is 5. The summed E-state index contributed by atoms with van der Waals surface area (Å²) in [7, 11) is 3.26. The van der Waals surface area contributed by atoms with E-state index in [9.17, 15) is 4.79 Å². The minimum atomic E-state index is -0.225. The van der Waals surface area contributed by atoms with Crippen molar-refractivity contribution in [2.45, 2.75) is 39.5 Å². The first-order valence-corrected chi connectivity index (χ1v) is 11.2. The number of aryl methyl sites for hydroxylation is 1. The van der Waals surface area contributed by atoms with Gasteiger partial charge < -0.3 is 14.8 Å². The van der Waals surface area contributed by atoms with Crippen LogP contribution in [-0.4, -0.2) is 29.8 Å². The average Bonchev–Trinajstić information content (AvgIpc) is 3.13. The molecule has 2 aromatic carbocycles. The van der Waals surface area contributed by atoms with Gasteiger partial charge in [-0.2, -0.15) is 5.10 Å². The predicted octanol–water partition coefficient (Wildman–Crippen LogP) is 5.40. The van der Waals surface area contributed by atoms with Crippen LogP contribution in [0.5, 0.6) is 11.5 Å². The van der Waals surface area contributed by atoms with E-state index in [4.69, 9.17) is 14.6 Å². The third-order valence-corrected chi connectivity index (χ3v) is 6.62. The van der Waals surface area contributed by atoms with Gasteiger partial charge in [-0.3, -0.25) is 4.79 Å². The molecule has 6 heteroatoms. The largest absolute Gasteiger partial charge is 0.493 e. The standard InChI is InChI=1S/C27H29N3O3/c1-16-23-24(17-11-12-21(32-4)22(13-17)33-5)25-19(14-27(2,3)15-20(25)31)28-26(23)30(29-16)18-9-7-6-8-10-18/h6-13,24,28H,14-15H2,1-5H3. The maximum atomic E-state index is 13.5. The first kappa shape index (κ1) is 21.3. The molecule has 2 heterocycles. The summed E-state index contributed by atoms with van der Waals surface area (Å²) in [6.07, 6.45) is 1.33. The Morgan fingerprint density at radius 3 is 2.45 bits per heavy atom. The fourth-order valence-electron chi connectivity index (χ4n) is 5.20. The number of allylic oxidation sites excluding steroid dienone is 2. The third kappa shape index (κ3) is 3.50. The van der Waals surface area contributed by atoms with Crippen LogP contribution in [0, 0.1) is 12.3 Å². The number of para-hydroxylation sites is 1. The van der Waals surface area contributed by atoms with Gasteiger partial charge in [-0.15, -0.1) is 0 Å². The maximum Gasteiger partial charge on any atom is 0.162 e. The number of carbonyl (C=O) groups is 1. The second kappa shape index (κ2) is 7.80. The lowest BCUT2D eigenvalue weighted by Crippen LogP contribution is -2.34. The van der Waals surface area contributed by atoms with E-state index >= 15 is 0 Å². The van der Waals surface area contributed by atoms with E-state index in [-0.39, 0.29) is 17.1 Å². The zero-order valence-corrected chi connectivity index (χ0v) is 19.7. The van der Waals surface area contributed by atoms with Gasteiger partial charge in [0.1, 0.15) is 5.82 Å². The summed E-state index contributed by atoms with van der Waals surface area (Å²) in [5.74, 6) is 2.19. The van der Waals surface area contributed by atoms with E-state index in [1.165, 1.54) is 0 Å². The summed E-state index contributed by atoms with van der Waals surface area (Å²) in [6, 6.07) is 16.0. The van der Waals surface area contributed by atoms with Crippen LogP contribution in [0.4, 0.5) is 5.82 Å². The molecule has 1 aromatic heterocycles. The Balaban J connectivity index is 1.76. The Labute approximate surface area is 194 Å². The summed E-state index contributed by atoms with van der Waals surface area (Å²) < 4.78 is 13.0. The highest BCUT2D eigenvalue weighted by Crippen LogP contribution is 2.51. The number of ketones is 1. The van der Waals surface area contributed by atoms with Gasteiger partial charge in [0.25, 0.3) is 0 Å². The summed E-state index contributed by atoms with van der Waals surface area (Å²) in [5, 5.41) is 8.52. The summed E-state index contributed by atoms with van der Waals surface area (Å²) in [4.78, 5) is 13.5. The molecule has 0 spiro atoms. The first-order valence-electron chi connectivity index (χ1n) is 11.2. The third-order valence-electron chi connectivity index (χ3n) is 6.62. The van der Waals surface area contributed by atoms with Crippen LogP contribution in [0.1, 0.15) is 49.4 Å². The molecule has 0 saturated carbocycles.